The number of halogens is 2. The predicted octanol–water partition coefficient (Wildman–Crippen LogP) is 4.28. The zero-order valence-corrected chi connectivity index (χ0v) is 11.2. The first-order chi connectivity index (χ1) is 8.25. The molecule has 1 aromatic carbocycles. The van der Waals surface area contributed by atoms with Crippen molar-refractivity contribution in [3.05, 3.63) is 34.6 Å². The van der Waals surface area contributed by atoms with Gasteiger partial charge in [0.1, 0.15) is 5.82 Å². The molecule has 0 N–H and O–H groups in total. The highest BCUT2D eigenvalue weighted by Crippen LogP contribution is 2.24. The first kappa shape index (κ1) is 13.2. The van der Waals surface area contributed by atoms with E-state index < -0.39 is 0 Å². The van der Waals surface area contributed by atoms with E-state index in [4.69, 9.17) is 16.3 Å². The quantitative estimate of drug-likeness (QED) is 0.810. The van der Waals surface area contributed by atoms with Crippen LogP contribution in [0.1, 0.15) is 24.8 Å². The molecule has 0 aromatic heterocycles. The lowest BCUT2D eigenvalue weighted by atomic mass is 10.1. The zero-order chi connectivity index (χ0) is 12.1. The van der Waals surface area contributed by atoms with Crippen LogP contribution >= 0.6 is 23.4 Å². The Hall–Kier alpha value is -0.250. The van der Waals surface area contributed by atoms with E-state index in [-0.39, 0.29) is 5.82 Å². The van der Waals surface area contributed by atoms with E-state index in [0.29, 0.717) is 11.1 Å². The van der Waals surface area contributed by atoms with E-state index >= 15 is 0 Å². The second kappa shape index (κ2) is 6.62. The van der Waals surface area contributed by atoms with Crippen LogP contribution in [0.3, 0.4) is 0 Å². The molecular formula is C13H16ClFOS. The van der Waals surface area contributed by atoms with Gasteiger partial charge in [0.25, 0.3) is 0 Å². The molecule has 0 spiro atoms. The van der Waals surface area contributed by atoms with Crippen LogP contribution in [0.4, 0.5) is 4.39 Å². The standard InChI is InChI=1S/C13H16ClFOS/c14-13-7-11(15)5-4-10(13)8-17-9-12-3-1-2-6-16-12/h4-5,7,12H,1-3,6,8-9H2. The third kappa shape index (κ3) is 4.16. The summed E-state index contributed by atoms with van der Waals surface area (Å²) in [6.45, 7) is 0.891. The topological polar surface area (TPSA) is 9.23 Å². The Balaban J connectivity index is 1.77. The number of ether oxygens (including phenoxy) is 1. The molecule has 17 heavy (non-hydrogen) atoms. The predicted molar refractivity (Wildman–Crippen MR) is 71.2 cm³/mol. The van der Waals surface area contributed by atoms with Crippen molar-refractivity contribution in [1.82, 2.24) is 0 Å². The molecule has 1 aliphatic heterocycles. The van der Waals surface area contributed by atoms with Crippen LogP contribution in [-0.4, -0.2) is 18.5 Å². The molecule has 0 amide bonds. The Morgan fingerprint density at radius 2 is 2.29 bits per heavy atom. The van der Waals surface area contributed by atoms with Crippen LogP contribution in [0.2, 0.25) is 5.02 Å². The number of hydrogen-bond acceptors (Lipinski definition) is 2. The molecule has 1 fully saturated rings. The van der Waals surface area contributed by atoms with E-state index in [0.717, 1.165) is 30.1 Å². The van der Waals surface area contributed by atoms with Gasteiger partial charge in [-0.25, -0.2) is 4.39 Å². The van der Waals surface area contributed by atoms with Crippen molar-refractivity contribution in [3.63, 3.8) is 0 Å². The van der Waals surface area contributed by atoms with Gasteiger partial charge in [-0.05, 0) is 37.0 Å². The van der Waals surface area contributed by atoms with Gasteiger partial charge in [-0.1, -0.05) is 17.7 Å². The summed E-state index contributed by atoms with van der Waals surface area (Å²) in [5, 5.41) is 0.516. The van der Waals surface area contributed by atoms with Crippen molar-refractivity contribution >= 4 is 23.4 Å². The van der Waals surface area contributed by atoms with Crippen LogP contribution in [0.25, 0.3) is 0 Å². The maximum absolute atomic E-state index is 12.8. The van der Waals surface area contributed by atoms with E-state index in [1.165, 1.54) is 25.0 Å². The van der Waals surface area contributed by atoms with Gasteiger partial charge in [0.05, 0.1) is 6.10 Å². The highest BCUT2D eigenvalue weighted by Gasteiger charge is 2.13. The summed E-state index contributed by atoms with van der Waals surface area (Å²) >= 11 is 7.77. The van der Waals surface area contributed by atoms with Gasteiger partial charge < -0.3 is 4.74 Å². The molecule has 1 atom stereocenters. The second-order valence-corrected chi connectivity index (χ2v) is 5.68. The van der Waals surface area contributed by atoms with E-state index in [2.05, 4.69) is 0 Å². The van der Waals surface area contributed by atoms with Gasteiger partial charge in [-0.3, -0.25) is 0 Å². The molecule has 94 valence electrons. The highest BCUT2D eigenvalue weighted by atomic mass is 35.5. The van der Waals surface area contributed by atoms with Crippen LogP contribution in [-0.2, 0) is 10.5 Å². The summed E-state index contributed by atoms with van der Waals surface area (Å²) < 4.78 is 18.5. The van der Waals surface area contributed by atoms with Crippen molar-refractivity contribution in [2.75, 3.05) is 12.4 Å². The maximum Gasteiger partial charge on any atom is 0.124 e. The zero-order valence-electron chi connectivity index (χ0n) is 9.62. The molecule has 1 heterocycles. The van der Waals surface area contributed by atoms with Gasteiger partial charge >= 0.3 is 0 Å². The number of benzene rings is 1. The average molecular weight is 275 g/mol. The lowest BCUT2D eigenvalue weighted by Gasteiger charge is -2.22. The minimum Gasteiger partial charge on any atom is -0.377 e. The van der Waals surface area contributed by atoms with Crippen LogP contribution < -0.4 is 0 Å². The first-order valence-corrected chi connectivity index (χ1v) is 7.42. The van der Waals surface area contributed by atoms with Crippen LogP contribution in [0.15, 0.2) is 18.2 Å². The van der Waals surface area contributed by atoms with Gasteiger partial charge in [0.2, 0.25) is 0 Å². The lowest BCUT2D eigenvalue weighted by molar-refractivity contribution is 0.0315. The van der Waals surface area contributed by atoms with Gasteiger partial charge in [-0.2, -0.15) is 11.8 Å². The molecule has 1 aromatic rings. The number of hydrogen-bond donors (Lipinski definition) is 0. The molecule has 1 saturated heterocycles. The molecule has 1 aliphatic rings. The fourth-order valence-electron chi connectivity index (χ4n) is 1.88. The minimum atomic E-state index is -0.278. The average Bonchev–Trinajstić information content (AvgIpc) is 2.33. The van der Waals surface area contributed by atoms with E-state index in [1.54, 1.807) is 17.8 Å². The van der Waals surface area contributed by atoms with Gasteiger partial charge in [-0.15, -0.1) is 0 Å². The number of rotatable bonds is 4. The summed E-state index contributed by atoms with van der Waals surface area (Å²) in [5.41, 5.74) is 0.994. The van der Waals surface area contributed by atoms with Crippen molar-refractivity contribution in [3.8, 4) is 0 Å². The SMILES string of the molecule is Fc1ccc(CSCC2CCCCO2)c(Cl)c1. The van der Waals surface area contributed by atoms with Crippen molar-refractivity contribution in [1.29, 1.82) is 0 Å². The third-order valence-electron chi connectivity index (χ3n) is 2.85. The molecule has 1 nitrogen and oxygen atoms in total. The molecule has 1 unspecified atom stereocenters. The molecule has 0 radical (unpaired) electrons. The Morgan fingerprint density at radius 1 is 1.41 bits per heavy atom. The summed E-state index contributed by atoms with van der Waals surface area (Å²) in [6, 6.07) is 4.58. The molecule has 4 heteroatoms. The van der Waals surface area contributed by atoms with Crippen molar-refractivity contribution in [2.24, 2.45) is 0 Å². The molecule has 0 bridgehead atoms. The highest BCUT2D eigenvalue weighted by molar-refractivity contribution is 7.98. The Morgan fingerprint density at radius 3 is 3.00 bits per heavy atom. The van der Waals surface area contributed by atoms with Gasteiger partial charge in [0, 0.05) is 23.1 Å². The summed E-state index contributed by atoms with van der Waals surface area (Å²) in [6.07, 6.45) is 3.99. The largest absolute Gasteiger partial charge is 0.377 e. The lowest BCUT2D eigenvalue weighted by Crippen LogP contribution is -2.21. The molecule has 0 saturated carbocycles. The minimum absolute atomic E-state index is 0.278. The fourth-order valence-corrected chi connectivity index (χ4v) is 3.31. The smallest absolute Gasteiger partial charge is 0.124 e. The summed E-state index contributed by atoms with van der Waals surface area (Å²) in [5.74, 6) is 1.53. The summed E-state index contributed by atoms with van der Waals surface area (Å²) in [7, 11) is 0. The van der Waals surface area contributed by atoms with Gasteiger partial charge in [0.15, 0.2) is 0 Å². The van der Waals surface area contributed by atoms with Crippen LogP contribution in [0, 0.1) is 5.82 Å². The summed E-state index contributed by atoms with van der Waals surface area (Å²) in [4.78, 5) is 0. The fraction of sp³-hybridized carbons (Fsp3) is 0.538. The molecule has 0 aliphatic carbocycles. The van der Waals surface area contributed by atoms with E-state index in [9.17, 15) is 4.39 Å². The second-order valence-electron chi connectivity index (χ2n) is 4.24. The maximum atomic E-state index is 12.8. The number of thioether (sulfide) groups is 1. The first-order valence-electron chi connectivity index (χ1n) is 5.89. The normalized spacial score (nSPS) is 20.5. The Kier molecular flexibility index (Phi) is 5.14. The third-order valence-corrected chi connectivity index (χ3v) is 4.32. The monoisotopic (exact) mass is 274 g/mol. The van der Waals surface area contributed by atoms with Crippen molar-refractivity contribution < 1.29 is 9.13 Å². The van der Waals surface area contributed by atoms with Crippen LogP contribution in [0.5, 0.6) is 0 Å². The van der Waals surface area contributed by atoms with E-state index in [1.807, 2.05) is 0 Å². The molecule has 2 rings (SSSR count). The van der Waals surface area contributed by atoms with Crippen molar-refractivity contribution in [2.45, 2.75) is 31.1 Å². The Bertz CT molecular complexity index is 366. The Labute approximate surface area is 111 Å². The molecular weight excluding hydrogens is 259 g/mol.